The van der Waals surface area contributed by atoms with Crippen LogP contribution in [0.4, 0.5) is 0 Å². The first-order valence-electron chi connectivity index (χ1n) is 5.54. The standard InChI is InChI=1S/C11H22N2O3/c1-5-11(4,12)10(16)13(8(2)3)7-6-9(14)15/h8H,5-7,12H2,1-4H3,(H,14,15). The van der Waals surface area contributed by atoms with E-state index < -0.39 is 11.5 Å². The summed E-state index contributed by atoms with van der Waals surface area (Å²) in [5.74, 6) is -1.10. The second-order valence-corrected chi connectivity index (χ2v) is 4.51. The predicted octanol–water partition coefficient (Wildman–Crippen LogP) is 0.826. The molecule has 94 valence electrons. The van der Waals surface area contributed by atoms with Crippen molar-refractivity contribution in [2.24, 2.45) is 5.73 Å². The van der Waals surface area contributed by atoms with Gasteiger partial charge in [-0.3, -0.25) is 9.59 Å². The normalized spacial score (nSPS) is 14.6. The molecule has 0 radical (unpaired) electrons. The van der Waals surface area contributed by atoms with E-state index in [1.165, 1.54) is 4.90 Å². The van der Waals surface area contributed by atoms with Gasteiger partial charge in [-0.2, -0.15) is 0 Å². The molecule has 0 aliphatic rings. The van der Waals surface area contributed by atoms with E-state index in [2.05, 4.69) is 0 Å². The Kier molecular flexibility index (Phi) is 5.44. The zero-order valence-corrected chi connectivity index (χ0v) is 10.5. The van der Waals surface area contributed by atoms with E-state index in [4.69, 9.17) is 10.8 Å². The number of rotatable bonds is 6. The highest BCUT2D eigenvalue weighted by molar-refractivity contribution is 5.86. The van der Waals surface area contributed by atoms with E-state index in [-0.39, 0.29) is 24.9 Å². The molecule has 0 aliphatic heterocycles. The number of amides is 1. The van der Waals surface area contributed by atoms with Crippen molar-refractivity contribution >= 4 is 11.9 Å². The number of nitrogens with zero attached hydrogens (tertiary/aromatic N) is 1. The van der Waals surface area contributed by atoms with Gasteiger partial charge in [0.2, 0.25) is 5.91 Å². The summed E-state index contributed by atoms with van der Waals surface area (Å²) < 4.78 is 0. The molecular formula is C11H22N2O3. The summed E-state index contributed by atoms with van der Waals surface area (Å²) >= 11 is 0. The quantitative estimate of drug-likeness (QED) is 0.707. The molecule has 1 amide bonds. The lowest BCUT2D eigenvalue weighted by molar-refractivity contribution is -0.141. The molecule has 0 fully saturated rings. The van der Waals surface area contributed by atoms with Crippen LogP contribution in [-0.4, -0.2) is 40.0 Å². The minimum atomic E-state index is -0.914. The van der Waals surface area contributed by atoms with E-state index in [1.807, 2.05) is 20.8 Å². The van der Waals surface area contributed by atoms with Crippen LogP contribution < -0.4 is 5.73 Å². The zero-order valence-electron chi connectivity index (χ0n) is 10.5. The number of hydrogen-bond donors (Lipinski definition) is 2. The fourth-order valence-corrected chi connectivity index (χ4v) is 1.29. The molecule has 0 aliphatic carbocycles. The lowest BCUT2D eigenvalue weighted by Gasteiger charge is -2.33. The van der Waals surface area contributed by atoms with Crippen LogP contribution in [0.1, 0.15) is 40.5 Å². The summed E-state index contributed by atoms with van der Waals surface area (Å²) in [6.07, 6.45) is 0.478. The van der Waals surface area contributed by atoms with Crippen LogP contribution in [0.3, 0.4) is 0 Å². The van der Waals surface area contributed by atoms with Gasteiger partial charge in [-0.1, -0.05) is 6.92 Å². The smallest absolute Gasteiger partial charge is 0.305 e. The van der Waals surface area contributed by atoms with Gasteiger partial charge in [0, 0.05) is 12.6 Å². The number of aliphatic carboxylic acids is 1. The highest BCUT2D eigenvalue weighted by Gasteiger charge is 2.32. The van der Waals surface area contributed by atoms with Crippen molar-refractivity contribution in [3.63, 3.8) is 0 Å². The molecule has 0 heterocycles. The molecule has 0 saturated heterocycles. The minimum Gasteiger partial charge on any atom is -0.481 e. The molecule has 16 heavy (non-hydrogen) atoms. The lowest BCUT2D eigenvalue weighted by Crippen LogP contribution is -2.55. The van der Waals surface area contributed by atoms with Crippen LogP contribution in [0, 0.1) is 0 Å². The molecular weight excluding hydrogens is 208 g/mol. The average Bonchev–Trinajstić information content (AvgIpc) is 2.16. The summed E-state index contributed by atoms with van der Waals surface area (Å²) in [5.41, 5.74) is 4.95. The van der Waals surface area contributed by atoms with Crippen molar-refractivity contribution in [2.45, 2.75) is 52.1 Å². The first kappa shape index (κ1) is 14.9. The maximum atomic E-state index is 12.1. The van der Waals surface area contributed by atoms with E-state index in [0.717, 1.165) is 0 Å². The van der Waals surface area contributed by atoms with Crippen LogP contribution >= 0.6 is 0 Å². The predicted molar refractivity (Wildman–Crippen MR) is 62.0 cm³/mol. The third-order valence-electron chi connectivity index (χ3n) is 2.67. The number of carboxylic acids is 1. The van der Waals surface area contributed by atoms with Crippen LogP contribution in [-0.2, 0) is 9.59 Å². The van der Waals surface area contributed by atoms with Crippen molar-refractivity contribution < 1.29 is 14.7 Å². The van der Waals surface area contributed by atoms with Crippen LogP contribution in [0.5, 0.6) is 0 Å². The summed E-state index contributed by atoms with van der Waals surface area (Å²) in [7, 11) is 0. The number of carbonyl (C=O) groups excluding carboxylic acids is 1. The van der Waals surface area contributed by atoms with Crippen LogP contribution in [0.2, 0.25) is 0 Å². The van der Waals surface area contributed by atoms with Gasteiger partial charge < -0.3 is 15.7 Å². The summed E-state index contributed by atoms with van der Waals surface area (Å²) in [5, 5.41) is 8.62. The molecule has 1 unspecified atom stereocenters. The van der Waals surface area contributed by atoms with Gasteiger partial charge >= 0.3 is 5.97 Å². The van der Waals surface area contributed by atoms with E-state index in [1.54, 1.807) is 6.92 Å². The molecule has 5 heteroatoms. The Labute approximate surface area is 96.6 Å². The summed E-state index contributed by atoms with van der Waals surface area (Å²) in [6.45, 7) is 7.43. The van der Waals surface area contributed by atoms with Crippen molar-refractivity contribution in [2.75, 3.05) is 6.54 Å². The van der Waals surface area contributed by atoms with Gasteiger partial charge in [0.05, 0.1) is 12.0 Å². The highest BCUT2D eigenvalue weighted by atomic mass is 16.4. The number of carbonyl (C=O) groups is 2. The Morgan fingerprint density at radius 2 is 1.94 bits per heavy atom. The maximum Gasteiger partial charge on any atom is 0.305 e. The Hall–Kier alpha value is -1.10. The minimum absolute atomic E-state index is 0.0405. The number of carboxylic acid groups (broad SMARTS) is 1. The van der Waals surface area contributed by atoms with Crippen molar-refractivity contribution in [1.29, 1.82) is 0 Å². The van der Waals surface area contributed by atoms with Gasteiger partial charge in [0.15, 0.2) is 0 Å². The molecule has 1 atom stereocenters. The fraction of sp³-hybridized carbons (Fsp3) is 0.818. The molecule has 0 aromatic rings. The molecule has 5 nitrogen and oxygen atoms in total. The Morgan fingerprint density at radius 1 is 1.44 bits per heavy atom. The van der Waals surface area contributed by atoms with Crippen molar-refractivity contribution in [1.82, 2.24) is 4.90 Å². The molecule has 0 saturated carbocycles. The van der Waals surface area contributed by atoms with E-state index in [9.17, 15) is 9.59 Å². The lowest BCUT2D eigenvalue weighted by atomic mass is 9.97. The first-order chi connectivity index (χ1) is 7.22. The van der Waals surface area contributed by atoms with Crippen LogP contribution in [0.15, 0.2) is 0 Å². The Balaban J connectivity index is 4.66. The van der Waals surface area contributed by atoms with Gasteiger partial charge in [0.25, 0.3) is 0 Å². The fourth-order valence-electron chi connectivity index (χ4n) is 1.29. The largest absolute Gasteiger partial charge is 0.481 e. The van der Waals surface area contributed by atoms with Gasteiger partial charge in [-0.15, -0.1) is 0 Å². The average molecular weight is 230 g/mol. The molecule has 0 spiro atoms. The number of hydrogen-bond acceptors (Lipinski definition) is 3. The van der Waals surface area contributed by atoms with E-state index in [0.29, 0.717) is 6.42 Å². The molecule has 3 N–H and O–H groups in total. The Bertz CT molecular complexity index is 262. The molecule has 0 aromatic heterocycles. The molecule has 0 aromatic carbocycles. The number of nitrogens with two attached hydrogens (primary N) is 1. The van der Waals surface area contributed by atoms with Gasteiger partial charge in [-0.05, 0) is 27.2 Å². The van der Waals surface area contributed by atoms with Crippen LogP contribution in [0.25, 0.3) is 0 Å². The van der Waals surface area contributed by atoms with Gasteiger partial charge in [-0.25, -0.2) is 0 Å². The Morgan fingerprint density at radius 3 is 2.25 bits per heavy atom. The van der Waals surface area contributed by atoms with Crippen molar-refractivity contribution in [3.05, 3.63) is 0 Å². The maximum absolute atomic E-state index is 12.1. The first-order valence-corrected chi connectivity index (χ1v) is 5.54. The second-order valence-electron chi connectivity index (χ2n) is 4.51. The monoisotopic (exact) mass is 230 g/mol. The van der Waals surface area contributed by atoms with Crippen molar-refractivity contribution in [3.8, 4) is 0 Å². The third kappa shape index (κ3) is 4.18. The molecule has 0 rings (SSSR count). The second kappa shape index (κ2) is 5.84. The third-order valence-corrected chi connectivity index (χ3v) is 2.67. The topological polar surface area (TPSA) is 83.6 Å². The zero-order chi connectivity index (χ0) is 12.9. The van der Waals surface area contributed by atoms with Gasteiger partial charge in [0.1, 0.15) is 0 Å². The summed E-state index contributed by atoms with van der Waals surface area (Å²) in [4.78, 5) is 24.1. The SMILES string of the molecule is CCC(C)(N)C(=O)N(CCC(=O)O)C(C)C. The highest BCUT2D eigenvalue weighted by Crippen LogP contribution is 2.13. The summed E-state index contributed by atoms with van der Waals surface area (Å²) in [6, 6.07) is -0.0405. The molecule has 0 bridgehead atoms. The van der Waals surface area contributed by atoms with E-state index >= 15 is 0 Å².